The highest BCUT2D eigenvalue weighted by atomic mass is 16.3. The minimum Gasteiger partial charge on any atom is -0.508 e. The van der Waals surface area contributed by atoms with Crippen molar-refractivity contribution in [3.05, 3.63) is 59.4 Å². The van der Waals surface area contributed by atoms with Crippen LogP contribution < -0.4 is 0 Å². The Morgan fingerprint density at radius 3 is 2.66 bits per heavy atom. The van der Waals surface area contributed by atoms with E-state index in [1.807, 2.05) is 42.2 Å². The van der Waals surface area contributed by atoms with Crippen LogP contribution in [0.4, 0.5) is 0 Å². The maximum Gasteiger partial charge on any atom is 0.222 e. The molecular weight excluding hydrogens is 366 g/mol. The normalized spacial score (nSPS) is 24.1. The van der Waals surface area contributed by atoms with Gasteiger partial charge in [0.1, 0.15) is 5.75 Å². The zero-order valence-electron chi connectivity index (χ0n) is 16.9. The third-order valence-electron chi connectivity index (χ3n) is 6.39. The number of aromatic nitrogens is 1. The van der Waals surface area contributed by atoms with E-state index in [-0.39, 0.29) is 23.7 Å². The largest absolute Gasteiger partial charge is 0.508 e. The molecule has 1 amide bonds. The van der Waals surface area contributed by atoms with E-state index < -0.39 is 0 Å². The number of nitrogens with zero attached hydrogens (tertiary/aromatic N) is 3. The van der Waals surface area contributed by atoms with Crippen molar-refractivity contribution >= 4 is 5.91 Å². The number of likely N-dealkylation sites (tertiary alicyclic amines) is 2. The number of carbonyl (C=O) groups excluding carboxylic acids is 1. The van der Waals surface area contributed by atoms with Crippen LogP contribution in [0.15, 0.2) is 42.5 Å². The van der Waals surface area contributed by atoms with Crippen LogP contribution >= 0.6 is 0 Å². The number of pyridine rings is 1. The molecule has 4 rings (SSSR count). The van der Waals surface area contributed by atoms with E-state index in [1.165, 1.54) is 0 Å². The van der Waals surface area contributed by atoms with Crippen molar-refractivity contribution in [1.82, 2.24) is 14.8 Å². The van der Waals surface area contributed by atoms with Crippen LogP contribution in [-0.2, 0) is 17.8 Å². The lowest BCUT2D eigenvalue weighted by atomic mass is 9.82. The number of amides is 1. The third-order valence-corrected chi connectivity index (χ3v) is 6.39. The maximum absolute atomic E-state index is 12.8. The summed E-state index contributed by atoms with van der Waals surface area (Å²) >= 11 is 0. The Labute approximate surface area is 171 Å². The van der Waals surface area contributed by atoms with Gasteiger partial charge in [0.2, 0.25) is 5.91 Å². The van der Waals surface area contributed by atoms with Crippen molar-refractivity contribution in [2.75, 3.05) is 32.8 Å². The summed E-state index contributed by atoms with van der Waals surface area (Å²) in [4.78, 5) is 21.6. The summed E-state index contributed by atoms with van der Waals surface area (Å²) in [6.07, 6.45) is 1.12. The van der Waals surface area contributed by atoms with Crippen LogP contribution in [0.2, 0.25) is 0 Å². The van der Waals surface area contributed by atoms with Gasteiger partial charge in [0, 0.05) is 50.3 Å². The second kappa shape index (κ2) is 8.13. The van der Waals surface area contributed by atoms with Crippen LogP contribution in [0.5, 0.6) is 5.75 Å². The molecule has 1 aromatic carbocycles. The molecule has 2 N–H and O–H groups in total. The van der Waals surface area contributed by atoms with Crippen molar-refractivity contribution in [2.45, 2.75) is 26.3 Å². The molecule has 2 aliphatic rings. The van der Waals surface area contributed by atoms with E-state index in [4.69, 9.17) is 0 Å². The van der Waals surface area contributed by atoms with Crippen LogP contribution in [-0.4, -0.2) is 63.7 Å². The Hall–Kier alpha value is -2.44. The molecule has 2 unspecified atom stereocenters. The van der Waals surface area contributed by atoms with Crippen LogP contribution in [0.3, 0.4) is 0 Å². The smallest absolute Gasteiger partial charge is 0.222 e. The van der Waals surface area contributed by atoms with Crippen molar-refractivity contribution in [3.8, 4) is 5.75 Å². The molecule has 29 heavy (non-hydrogen) atoms. The molecular formula is C23H29N3O3. The van der Waals surface area contributed by atoms with Crippen LogP contribution in [0.25, 0.3) is 0 Å². The lowest BCUT2D eigenvalue weighted by Crippen LogP contribution is -2.39. The Balaban J connectivity index is 1.34. The van der Waals surface area contributed by atoms with Gasteiger partial charge >= 0.3 is 0 Å². The molecule has 0 aliphatic carbocycles. The number of benzene rings is 1. The van der Waals surface area contributed by atoms with E-state index in [2.05, 4.69) is 9.88 Å². The topological polar surface area (TPSA) is 76.9 Å². The van der Waals surface area contributed by atoms with Crippen LogP contribution in [0.1, 0.15) is 23.4 Å². The van der Waals surface area contributed by atoms with Crippen molar-refractivity contribution in [1.29, 1.82) is 0 Å². The molecule has 2 atom stereocenters. The van der Waals surface area contributed by atoms with E-state index in [1.54, 1.807) is 12.1 Å². The third kappa shape index (κ3) is 4.28. The lowest BCUT2D eigenvalue weighted by Gasteiger charge is -2.27. The summed E-state index contributed by atoms with van der Waals surface area (Å²) in [7, 11) is 0. The molecule has 3 heterocycles. The number of hydrogen-bond acceptors (Lipinski definition) is 5. The monoisotopic (exact) mass is 395 g/mol. The summed E-state index contributed by atoms with van der Waals surface area (Å²) < 4.78 is 0. The van der Waals surface area contributed by atoms with Gasteiger partial charge in [0.25, 0.3) is 0 Å². The minimum atomic E-state index is -0.224. The Kier molecular flexibility index (Phi) is 5.56. The average molecular weight is 396 g/mol. The number of carbonyl (C=O) groups is 1. The van der Waals surface area contributed by atoms with Gasteiger partial charge < -0.3 is 15.1 Å². The number of aromatic hydroxyl groups is 1. The first-order valence-corrected chi connectivity index (χ1v) is 10.3. The zero-order chi connectivity index (χ0) is 20.4. The van der Waals surface area contributed by atoms with E-state index >= 15 is 0 Å². The fraction of sp³-hybridized carbons (Fsp3) is 0.478. The highest BCUT2D eigenvalue weighted by molar-refractivity contribution is 5.77. The summed E-state index contributed by atoms with van der Waals surface area (Å²) in [5.41, 5.74) is 2.89. The SMILES string of the molecule is Cc1cccc(CN2CC3CN(C(=O)CCc4ccc(O)cc4)CC3(CO)C2)n1. The number of aryl methyl sites for hydroxylation is 2. The zero-order valence-corrected chi connectivity index (χ0v) is 16.9. The lowest BCUT2D eigenvalue weighted by molar-refractivity contribution is -0.130. The molecule has 154 valence electrons. The molecule has 2 fully saturated rings. The van der Waals surface area contributed by atoms with Gasteiger partial charge in [-0.1, -0.05) is 18.2 Å². The molecule has 0 spiro atoms. The van der Waals surface area contributed by atoms with Gasteiger partial charge in [-0.2, -0.15) is 0 Å². The predicted octanol–water partition coefficient (Wildman–Crippen LogP) is 1.98. The van der Waals surface area contributed by atoms with Gasteiger partial charge in [0.15, 0.2) is 0 Å². The molecule has 2 aliphatic heterocycles. The number of rotatable bonds is 6. The standard InChI is InChI=1S/C23H29N3O3/c1-17-3-2-4-20(24-17)13-25-11-19-12-26(15-23(19,14-25)16-27)22(29)10-7-18-5-8-21(28)9-6-18/h2-6,8-9,19,27-28H,7,10-16H2,1H3. The van der Waals surface area contributed by atoms with Gasteiger partial charge in [-0.05, 0) is 49.1 Å². The van der Waals surface area contributed by atoms with Crippen LogP contribution in [0, 0.1) is 18.3 Å². The average Bonchev–Trinajstić information content (AvgIpc) is 3.21. The van der Waals surface area contributed by atoms with Crippen molar-refractivity contribution in [3.63, 3.8) is 0 Å². The first-order chi connectivity index (χ1) is 14.0. The molecule has 6 heteroatoms. The van der Waals surface area contributed by atoms with Gasteiger partial charge in [-0.25, -0.2) is 0 Å². The molecule has 0 saturated carbocycles. The summed E-state index contributed by atoms with van der Waals surface area (Å²) in [6, 6.07) is 13.1. The Bertz CT molecular complexity index is 870. The van der Waals surface area contributed by atoms with Crippen molar-refractivity contribution in [2.24, 2.45) is 11.3 Å². The van der Waals surface area contributed by atoms with Gasteiger partial charge in [-0.15, -0.1) is 0 Å². The fourth-order valence-electron chi connectivity index (χ4n) is 4.81. The minimum absolute atomic E-state index is 0.108. The Morgan fingerprint density at radius 1 is 1.17 bits per heavy atom. The predicted molar refractivity (Wildman–Crippen MR) is 110 cm³/mol. The van der Waals surface area contributed by atoms with E-state index in [9.17, 15) is 15.0 Å². The molecule has 0 bridgehead atoms. The number of hydrogen-bond donors (Lipinski definition) is 2. The number of phenols is 1. The quantitative estimate of drug-likeness (QED) is 0.782. The number of aliphatic hydroxyl groups is 1. The highest BCUT2D eigenvalue weighted by Crippen LogP contribution is 2.42. The Morgan fingerprint density at radius 2 is 1.97 bits per heavy atom. The summed E-state index contributed by atoms with van der Waals surface area (Å²) in [6.45, 7) is 5.92. The summed E-state index contributed by atoms with van der Waals surface area (Å²) in [5.74, 6) is 0.685. The first kappa shape index (κ1) is 19.9. The van der Waals surface area contributed by atoms with E-state index in [0.717, 1.165) is 36.6 Å². The molecule has 2 aromatic rings. The van der Waals surface area contributed by atoms with E-state index in [0.29, 0.717) is 31.8 Å². The second-order valence-electron chi connectivity index (χ2n) is 8.60. The molecule has 0 radical (unpaired) electrons. The molecule has 2 saturated heterocycles. The molecule has 6 nitrogen and oxygen atoms in total. The van der Waals surface area contributed by atoms with Gasteiger partial charge in [-0.3, -0.25) is 14.7 Å². The first-order valence-electron chi connectivity index (χ1n) is 10.3. The van der Waals surface area contributed by atoms with Gasteiger partial charge in [0.05, 0.1) is 12.3 Å². The van der Waals surface area contributed by atoms with Crippen molar-refractivity contribution < 1.29 is 15.0 Å². The summed E-state index contributed by atoms with van der Waals surface area (Å²) in [5, 5.41) is 19.6. The highest BCUT2D eigenvalue weighted by Gasteiger charge is 2.52. The number of aliphatic hydroxyl groups excluding tert-OH is 1. The molecule has 1 aromatic heterocycles. The number of phenolic OH excluding ortho intramolecular Hbond substituents is 1. The number of fused-ring (bicyclic) bond motifs is 1. The fourth-order valence-corrected chi connectivity index (χ4v) is 4.81. The second-order valence-corrected chi connectivity index (χ2v) is 8.60. The maximum atomic E-state index is 12.8.